The molecule has 33 heavy (non-hydrogen) atoms. The van der Waals surface area contributed by atoms with Crippen LogP contribution in [-0.4, -0.2) is 32.1 Å². The van der Waals surface area contributed by atoms with Crippen molar-refractivity contribution in [2.24, 2.45) is 5.73 Å². The highest BCUT2D eigenvalue weighted by molar-refractivity contribution is 5.96. The number of carbonyl (C=O) groups excluding carboxylic acids is 1. The third-order valence-electron chi connectivity index (χ3n) is 5.70. The third kappa shape index (κ3) is 4.26. The lowest BCUT2D eigenvalue weighted by Gasteiger charge is -2.15. The van der Waals surface area contributed by atoms with Gasteiger partial charge in [0.1, 0.15) is 0 Å². The number of anilines is 1. The van der Waals surface area contributed by atoms with Crippen molar-refractivity contribution < 1.29 is 4.79 Å². The fraction of sp³-hybridized carbons (Fsp3) is 0.115. The van der Waals surface area contributed by atoms with Crippen molar-refractivity contribution in [3.05, 3.63) is 90.4 Å². The Balaban J connectivity index is 1.48. The van der Waals surface area contributed by atoms with Crippen LogP contribution in [0.1, 0.15) is 11.3 Å². The Kier molecular flexibility index (Phi) is 5.46. The van der Waals surface area contributed by atoms with E-state index in [1.165, 1.54) is 0 Å². The van der Waals surface area contributed by atoms with Gasteiger partial charge in [0.25, 0.3) is 0 Å². The number of nitrogens with two attached hydrogens (primary N) is 1. The van der Waals surface area contributed by atoms with Crippen LogP contribution in [0.3, 0.4) is 0 Å². The van der Waals surface area contributed by atoms with E-state index in [2.05, 4.69) is 31.5 Å². The molecule has 3 aromatic heterocycles. The van der Waals surface area contributed by atoms with E-state index in [0.29, 0.717) is 12.1 Å². The monoisotopic (exact) mass is 436 g/mol. The number of hydrogen-bond donors (Lipinski definition) is 4. The van der Waals surface area contributed by atoms with E-state index in [-0.39, 0.29) is 5.91 Å². The van der Waals surface area contributed by atoms with Gasteiger partial charge in [0.15, 0.2) is 0 Å². The summed E-state index contributed by atoms with van der Waals surface area (Å²) in [4.78, 5) is 20.7. The largest absolute Gasteiger partial charge is 0.360 e. The molecular weight excluding hydrogens is 412 g/mol. The molecule has 0 saturated heterocycles. The molecule has 1 atom stereocenters. The lowest BCUT2D eigenvalue weighted by molar-refractivity contribution is -0.117. The van der Waals surface area contributed by atoms with Gasteiger partial charge in [0.2, 0.25) is 5.91 Å². The molecule has 164 valence electrons. The number of pyridine rings is 1. The second-order valence-corrected chi connectivity index (χ2v) is 8.07. The van der Waals surface area contributed by atoms with Gasteiger partial charge in [-0.1, -0.05) is 36.4 Å². The number of H-pyrrole nitrogens is 2. The van der Waals surface area contributed by atoms with Crippen molar-refractivity contribution in [2.45, 2.75) is 19.4 Å². The summed E-state index contributed by atoms with van der Waals surface area (Å²) in [6.07, 6.45) is 3.99. The summed E-state index contributed by atoms with van der Waals surface area (Å²) in [6.45, 7) is 1.99. The zero-order valence-corrected chi connectivity index (χ0v) is 18.2. The van der Waals surface area contributed by atoms with E-state index in [0.717, 1.165) is 44.7 Å². The number of hydrogen-bond acceptors (Lipinski definition) is 4. The summed E-state index contributed by atoms with van der Waals surface area (Å²) in [5.74, 6) is -0.250. The Morgan fingerprint density at radius 3 is 2.73 bits per heavy atom. The molecule has 7 heteroatoms. The number of fused-ring (bicyclic) bond motifs is 1. The van der Waals surface area contributed by atoms with Gasteiger partial charge >= 0.3 is 0 Å². The van der Waals surface area contributed by atoms with Crippen LogP contribution in [0, 0.1) is 6.92 Å². The molecule has 2 aromatic carbocycles. The number of benzene rings is 2. The summed E-state index contributed by atoms with van der Waals surface area (Å²) in [5, 5.41) is 11.3. The molecule has 0 aliphatic heterocycles. The maximum atomic E-state index is 12.8. The SMILES string of the molecule is Cc1[nH]nc2ccc(-c3cc(NC(=O)[C@@H](N)Cc4ccccc4)cnc3-c3ccc[nH]3)cc12. The molecule has 0 aliphatic rings. The molecule has 1 amide bonds. The van der Waals surface area contributed by atoms with Crippen LogP contribution in [0.2, 0.25) is 0 Å². The zero-order valence-electron chi connectivity index (χ0n) is 18.2. The van der Waals surface area contributed by atoms with Gasteiger partial charge < -0.3 is 16.0 Å². The number of amides is 1. The molecule has 0 aliphatic carbocycles. The van der Waals surface area contributed by atoms with Crippen LogP contribution >= 0.6 is 0 Å². The van der Waals surface area contributed by atoms with Gasteiger partial charge in [-0.25, -0.2) is 0 Å². The third-order valence-corrected chi connectivity index (χ3v) is 5.70. The highest BCUT2D eigenvalue weighted by Crippen LogP contribution is 2.33. The molecule has 0 spiro atoms. The van der Waals surface area contributed by atoms with Crippen molar-refractivity contribution >= 4 is 22.5 Å². The van der Waals surface area contributed by atoms with Crippen molar-refractivity contribution in [1.82, 2.24) is 20.2 Å². The summed E-state index contributed by atoms with van der Waals surface area (Å²) in [6, 6.07) is 21.0. The van der Waals surface area contributed by atoms with Crippen molar-refractivity contribution in [3.63, 3.8) is 0 Å². The van der Waals surface area contributed by atoms with Gasteiger partial charge in [0.05, 0.1) is 34.8 Å². The van der Waals surface area contributed by atoms with Crippen LogP contribution in [0.15, 0.2) is 79.1 Å². The quantitative estimate of drug-likeness (QED) is 0.315. The predicted molar refractivity (Wildman–Crippen MR) is 131 cm³/mol. The van der Waals surface area contributed by atoms with Gasteiger partial charge in [-0.3, -0.25) is 14.9 Å². The number of nitrogens with one attached hydrogen (secondary N) is 3. The maximum absolute atomic E-state index is 12.8. The summed E-state index contributed by atoms with van der Waals surface area (Å²) >= 11 is 0. The lowest BCUT2D eigenvalue weighted by atomic mass is 9.99. The number of aromatic amines is 2. The minimum absolute atomic E-state index is 0.250. The molecule has 0 saturated carbocycles. The predicted octanol–water partition coefficient (Wildman–Crippen LogP) is 4.44. The average Bonchev–Trinajstić information content (AvgIpc) is 3.50. The Hall–Kier alpha value is -4.23. The highest BCUT2D eigenvalue weighted by Gasteiger charge is 2.17. The van der Waals surface area contributed by atoms with Gasteiger partial charge in [-0.15, -0.1) is 0 Å². The molecule has 5 aromatic rings. The van der Waals surface area contributed by atoms with E-state index in [4.69, 9.17) is 5.73 Å². The first-order valence-electron chi connectivity index (χ1n) is 10.8. The number of aromatic nitrogens is 4. The smallest absolute Gasteiger partial charge is 0.241 e. The number of carbonyl (C=O) groups is 1. The van der Waals surface area contributed by atoms with Crippen molar-refractivity contribution in [3.8, 4) is 22.5 Å². The molecule has 3 heterocycles. The van der Waals surface area contributed by atoms with Crippen LogP contribution < -0.4 is 11.1 Å². The Morgan fingerprint density at radius 2 is 1.94 bits per heavy atom. The van der Waals surface area contributed by atoms with E-state index < -0.39 is 6.04 Å². The first-order valence-corrected chi connectivity index (χ1v) is 10.8. The van der Waals surface area contributed by atoms with Crippen LogP contribution in [0.4, 0.5) is 5.69 Å². The van der Waals surface area contributed by atoms with Crippen LogP contribution in [-0.2, 0) is 11.2 Å². The fourth-order valence-corrected chi connectivity index (χ4v) is 3.95. The first-order chi connectivity index (χ1) is 16.1. The Labute approximate surface area is 191 Å². The standard InChI is InChI=1S/C26H24N6O/c1-16-20-13-18(9-10-23(20)32-31-16)21-14-19(15-29-25(21)24-8-5-11-28-24)30-26(33)22(27)12-17-6-3-2-4-7-17/h2-11,13-15,22,28H,12,27H2,1H3,(H,30,33)(H,31,32)/t22-/m0/s1. The normalized spacial score (nSPS) is 12.1. The lowest BCUT2D eigenvalue weighted by Crippen LogP contribution is -2.37. The summed E-state index contributed by atoms with van der Waals surface area (Å²) < 4.78 is 0. The maximum Gasteiger partial charge on any atom is 0.241 e. The minimum atomic E-state index is -0.663. The summed E-state index contributed by atoms with van der Waals surface area (Å²) in [5.41, 5.74) is 13.3. The molecule has 0 unspecified atom stereocenters. The van der Waals surface area contributed by atoms with E-state index in [1.807, 2.05) is 73.8 Å². The van der Waals surface area contributed by atoms with Crippen molar-refractivity contribution in [1.29, 1.82) is 0 Å². The second kappa shape index (κ2) is 8.72. The first kappa shape index (κ1) is 20.7. The molecule has 0 bridgehead atoms. The Bertz CT molecular complexity index is 1410. The molecule has 5 N–H and O–H groups in total. The van der Waals surface area contributed by atoms with Gasteiger partial charge in [-0.2, -0.15) is 5.10 Å². The number of nitrogens with zero attached hydrogens (tertiary/aromatic N) is 2. The van der Waals surface area contributed by atoms with Gasteiger partial charge in [0, 0.05) is 22.8 Å². The second-order valence-electron chi connectivity index (χ2n) is 8.07. The molecule has 7 nitrogen and oxygen atoms in total. The average molecular weight is 437 g/mol. The van der Waals surface area contributed by atoms with E-state index in [1.54, 1.807) is 6.20 Å². The minimum Gasteiger partial charge on any atom is -0.360 e. The highest BCUT2D eigenvalue weighted by atomic mass is 16.2. The van der Waals surface area contributed by atoms with Crippen LogP contribution in [0.25, 0.3) is 33.4 Å². The molecular formula is C26H24N6O. The molecule has 0 fully saturated rings. The van der Waals surface area contributed by atoms with E-state index >= 15 is 0 Å². The van der Waals surface area contributed by atoms with Gasteiger partial charge in [-0.05, 0) is 54.8 Å². The topological polar surface area (TPSA) is 112 Å². The number of rotatable bonds is 6. The zero-order chi connectivity index (χ0) is 22.8. The van der Waals surface area contributed by atoms with Crippen molar-refractivity contribution in [2.75, 3.05) is 5.32 Å². The Morgan fingerprint density at radius 1 is 1.09 bits per heavy atom. The van der Waals surface area contributed by atoms with E-state index in [9.17, 15) is 4.79 Å². The molecule has 5 rings (SSSR count). The fourth-order valence-electron chi connectivity index (χ4n) is 3.95. The van der Waals surface area contributed by atoms with Crippen LogP contribution in [0.5, 0.6) is 0 Å². The molecule has 0 radical (unpaired) electrons. The number of aryl methyl sites for hydroxylation is 1. The summed E-state index contributed by atoms with van der Waals surface area (Å²) in [7, 11) is 0.